The molecule has 0 amide bonds. The Bertz CT molecular complexity index is 789. The molecular weight excluding hydrogens is 334 g/mol. The number of carbonyl (C=O) groups excluding carboxylic acids is 2. The van der Waals surface area contributed by atoms with E-state index in [4.69, 9.17) is 9.47 Å². The van der Waals surface area contributed by atoms with Gasteiger partial charge < -0.3 is 9.47 Å². The van der Waals surface area contributed by atoms with Crippen LogP contribution in [0.2, 0.25) is 0 Å². The monoisotopic (exact) mass is 355 g/mol. The fourth-order valence-electron chi connectivity index (χ4n) is 4.59. The zero-order valence-electron chi connectivity index (χ0n) is 14.8. The number of esters is 2. The molecule has 0 radical (unpaired) electrons. The van der Waals surface area contributed by atoms with E-state index in [1.54, 1.807) is 0 Å². The zero-order chi connectivity index (χ0) is 18.3. The largest absolute Gasteiger partial charge is 0.466 e. The van der Waals surface area contributed by atoms with Gasteiger partial charge >= 0.3 is 11.9 Å². The van der Waals surface area contributed by atoms with Gasteiger partial charge in [0.2, 0.25) is 0 Å². The lowest BCUT2D eigenvalue weighted by Crippen LogP contribution is -2.50. The van der Waals surface area contributed by atoms with Crippen LogP contribution in [0.15, 0.2) is 51.8 Å². The topological polar surface area (TPSA) is 80.6 Å². The van der Waals surface area contributed by atoms with Crippen LogP contribution in [-0.4, -0.2) is 38.2 Å². The van der Waals surface area contributed by atoms with Crippen LogP contribution < -0.4 is 5.01 Å². The molecule has 0 aromatic heterocycles. The molecule has 0 spiro atoms. The highest BCUT2D eigenvalue weighted by molar-refractivity contribution is 6.02. The predicted octanol–water partition coefficient (Wildman–Crippen LogP) is 2.68. The lowest BCUT2D eigenvalue weighted by atomic mass is 9.71. The Morgan fingerprint density at radius 1 is 1.00 bits per heavy atom. The van der Waals surface area contributed by atoms with E-state index in [1.807, 2.05) is 35.3 Å². The molecule has 0 saturated heterocycles. The van der Waals surface area contributed by atoms with Crippen molar-refractivity contribution in [3.05, 3.63) is 41.5 Å². The Hall–Kier alpha value is -2.70. The Labute approximate surface area is 151 Å². The quantitative estimate of drug-likeness (QED) is 0.779. The first-order valence-electron chi connectivity index (χ1n) is 8.83. The maximum absolute atomic E-state index is 12.6. The average molecular weight is 355 g/mol. The number of carbonyl (C=O) groups is 2. The van der Waals surface area contributed by atoms with Gasteiger partial charge in [0.15, 0.2) is 0 Å². The summed E-state index contributed by atoms with van der Waals surface area (Å²) in [5, 5.41) is 10.8. The number of para-hydroxylation sites is 1. The van der Waals surface area contributed by atoms with E-state index in [0.29, 0.717) is 11.1 Å². The molecule has 4 aliphatic rings. The van der Waals surface area contributed by atoms with Gasteiger partial charge in [0, 0.05) is 11.8 Å². The molecule has 1 saturated carbocycles. The van der Waals surface area contributed by atoms with Crippen LogP contribution in [0, 0.1) is 11.8 Å². The van der Waals surface area contributed by atoms with Crippen molar-refractivity contribution in [2.24, 2.45) is 22.2 Å². The minimum atomic E-state index is -0.464. The van der Waals surface area contributed by atoms with Crippen LogP contribution >= 0.6 is 0 Å². The third-order valence-corrected chi connectivity index (χ3v) is 5.63. The molecule has 1 aromatic rings. The van der Waals surface area contributed by atoms with E-state index in [2.05, 4.69) is 10.3 Å². The number of ether oxygens (including phenoxy) is 2. The summed E-state index contributed by atoms with van der Waals surface area (Å²) in [5.41, 5.74) is 1.80. The summed E-state index contributed by atoms with van der Waals surface area (Å²) in [4.78, 5) is 25.1. The van der Waals surface area contributed by atoms with Crippen molar-refractivity contribution < 1.29 is 19.1 Å². The van der Waals surface area contributed by atoms with Gasteiger partial charge in [0.1, 0.15) is 6.04 Å². The van der Waals surface area contributed by atoms with Crippen LogP contribution in [0.25, 0.3) is 0 Å². The Morgan fingerprint density at radius 3 is 2.27 bits per heavy atom. The Morgan fingerprint density at radius 2 is 1.62 bits per heavy atom. The van der Waals surface area contributed by atoms with Gasteiger partial charge in [-0.05, 0) is 25.0 Å². The van der Waals surface area contributed by atoms with Crippen LogP contribution in [0.5, 0.6) is 0 Å². The number of benzene rings is 1. The second-order valence-corrected chi connectivity index (χ2v) is 6.82. The second-order valence-electron chi connectivity index (χ2n) is 6.82. The summed E-state index contributed by atoms with van der Waals surface area (Å²) in [6.45, 7) is 0. The predicted molar refractivity (Wildman–Crippen MR) is 93.2 cm³/mol. The number of fused-ring (bicyclic) bond motifs is 2. The Balaban J connectivity index is 1.84. The molecule has 5 rings (SSSR count). The number of methoxy groups -OCH3 is 2. The molecule has 1 aromatic carbocycles. The molecule has 1 aliphatic heterocycles. The van der Waals surface area contributed by atoms with E-state index in [1.165, 1.54) is 14.2 Å². The van der Waals surface area contributed by atoms with Crippen LogP contribution in [0.1, 0.15) is 19.3 Å². The molecule has 4 atom stereocenters. The standard InChI is InChI=1S/C19H21N3O4/c1-25-18(23)14-12-9-6-10-13(15(14)19(24)26-2)17-16(12)20-21-22(17)11-7-4-3-5-8-11/h3-5,7-8,12-13,16-17H,6,9-10H2,1-2H3/t12-,13-,16+,17-/m0/s1. The van der Waals surface area contributed by atoms with Gasteiger partial charge in [0.25, 0.3) is 0 Å². The van der Waals surface area contributed by atoms with E-state index >= 15 is 0 Å². The lowest BCUT2D eigenvalue weighted by molar-refractivity contribution is -0.140. The molecule has 1 heterocycles. The summed E-state index contributed by atoms with van der Waals surface area (Å²) >= 11 is 0. The maximum atomic E-state index is 12.6. The van der Waals surface area contributed by atoms with Crippen LogP contribution in [0.4, 0.5) is 5.69 Å². The first kappa shape index (κ1) is 16.8. The van der Waals surface area contributed by atoms with Crippen LogP contribution in [0.3, 0.4) is 0 Å². The van der Waals surface area contributed by atoms with Gasteiger partial charge in [-0.2, -0.15) is 5.11 Å². The number of hydrogen-bond donors (Lipinski definition) is 0. The minimum absolute atomic E-state index is 0.0904. The van der Waals surface area contributed by atoms with E-state index in [0.717, 1.165) is 24.9 Å². The molecule has 3 aliphatic carbocycles. The number of nitrogens with zero attached hydrogens (tertiary/aromatic N) is 3. The fourth-order valence-corrected chi connectivity index (χ4v) is 4.59. The summed E-state index contributed by atoms with van der Waals surface area (Å²) in [6.07, 6.45) is 2.49. The highest BCUT2D eigenvalue weighted by Crippen LogP contribution is 2.50. The molecular formula is C19H21N3O4. The molecule has 0 N–H and O–H groups in total. The van der Waals surface area contributed by atoms with E-state index < -0.39 is 11.9 Å². The van der Waals surface area contributed by atoms with Crippen molar-refractivity contribution in [1.29, 1.82) is 0 Å². The molecule has 136 valence electrons. The Kier molecular flexibility index (Phi) is 4.22. The third-order valence-electron chi connectivity index (χ3n) is 5.63. The van der Waals surface area contributed by atoms with Crippen molar-refractivity contribution in [1.82, 2.24) is 0 Å². The number of anilines is 1. The third kappa shape index (κ3) is 2.41. The first-order valence-corrected chi connectivity index (χ1v) is 8.83. The second kappa shape index (κ2) is 6.55. The fraction of sp³-hybridized carbons (Fsp3) is 0.474. The molecule has 26 heavy (non-hydrogen) atoms. The normalized spacial score (nSPS) is 29.4. The highest BCUT2D eigenvalue weighted by Gasteiger charge is 2.55. The smallest absolute Gasteiger partial charge is 0.334 e. The van der Waals surface area contributed by atoms with Crippen LogP contribution in [-0.2, 0) is 19.1 Å². The summed E-state index contributed by atoms with van der Waals surface area (Å²) in [6, 6.07) is 9.54. The van der Waals surface area contributed by atoms with Gasteiger partial charge in [-0.15, -0.1) is 0 Å². The van der Waals surface area contributed by atoms with Gasteiger partial charge in [0.05, 0.1) is 37.1 Å². The SMILES string of the molecule is COC(=O)C1=C(C(=O)OC)[C@@H]2CCC[C@@H]1[C@H]1N=NN(c3ccccc3)[C@H]12. The van der Waals surface area contributed by atoms with Crippen molar-refractivity contribution in [3.8, 4) is 0 Å². The summed E-state index contributed by atoms with van der Waals surface area (Å²) in [5.74, 6) is -1.27. The van der Waals surface area contributed by atoms with Crippen molar-refractivity contribution in [2.45, 2.75) is 31.3 Å². The average Bonchev–Trinajstić information content (AvgIpc) is 2.94. The van der Waals surface area contributed by atoms with Gasteiger partial charge in [-0.1, -0.05) is 29.8 Å². The highest BCUT2D eigenvalue weighted by atomic mass is 16.5. The first-order chi connectivity index (χ1) is 12.7. The van der Waals surface area contributed by atoms with E-state index in [-0.39, 0.29) is 23.9 Å². The minimum Gasteiger partial charge on any atom is -0.466 e. The summed E-state index contributed by atoms with van der Waals surface area (Å²) < 4.78 is 10.0. The zero-order valence-corrected chi connectivity index (χ0v) is 14.8. The molecule has 1 fully saturated rings. The van der Waals surface area contributed by atoms with Crippen molar-refractivity contribution >= 4 is 17.6 Å². The van der Waals surface area contributed by atoms with Gasteiger partial charge in [-0.3, -0.25) is 0 Å². The van der Waals surface area contributed by atoms with E-state index in [9.17, 15) is 9.59 Å². The molecule has 7 nitrogen and oxygen atoms in total. The molecule has 2 bridgehead atoms. The summed E-state index contributed by atoms with van der Waals surface area (Å²) in [7, 11) is 2.69. The van der Waals surface area contributed by atoms with Crippen molar-refractivity contribution in [3.63, 3.8) is 0 Å². The lowest BCUT2D eigenvalue weighted by Gasteiger charge is -2.38. The molecule has 7 heteroatoms. The number of rotatable bonds is 3. The van der Waals surface area contributed by atoms with Crippen molar-refractivity contribution in [2.75, 3.05) is 19.2 Å². The van der Waals surface area contributed by atoms with Gasteiger partial charge in [-0.25, -0.2) is 14.6 Å². The molecule has 0 unspecified atom stereocenters. The number of hydrogen-bond acceptors (Lipinski definition) is 7. The maximum Gasteiger partial charge on any atom is 0.334 e.